The van der Waals surface area contributed by atoms with Crippen LogP contribution in [0.2, 0.25) is 0 Å². The second kappa shape index (κ2) is 16.4. The number of benzene rings is 11. The van der Waals surface area contributed by atoms with Crippen molar-refractivity contribution in [3.8, 4) is 56.0 Å². The molecule has 12 rings (SSSR count). The Bertz CT molecular complexity index is 3510. The molecule has 1 aliphatic rings. The number of halogens is 1. The van der Waals surface area contributed by atoms with Crippen LogP contribution in [0.15, 0.2) is 249 Å². The molecule has 11 aromatic carbocycles. The van der Waals surface area contributed by atoms with E-state index in [0.717, 1.165) is 101 Å². The molecule has 0 saturated heterocycles. The van der Waals surface area contributed by atoms with Crippen LogP contribution >= 0.6 is 0 Å². The van der Waals surface area contributed by atoms with Crippen LogP contribution in [-0.2, 0) is 0 Å². The predicted octanol–water partition coefficient (Wildman–Crippen LogP) is 17.8. The summed E-state index contributed by atoms with van der Waals surface area (Å²) in [6.07, 6.45) is 0. The van der Waals surface area contributed by atoms with Crippen LogP contribution < -0.4 is 14.5 Å². The Hall–Kier alpha value is -8.73. The number of hydrogen-bond acceptors (Lipinski definition) is 3. The van der Waals surface area contributed by atoms with Crippen molar-refractivity contribution in [2.24, 2.45) is 0 Å². The molecule has 0 aromatic heterocycles. The van der Waals surface area contributed by atoms with Gasteiger partial charge in [-0.05, 0) is 147 Å². The summed E-state index contributed by atoms with van der Waals surface area (Å²) in [5.41, 5.74) is 13.3. The predicted molar refractivity (Wildman–Crippen MR) is 273 cm³/mol. The van der Waals surface area contributed by atoms with Gasteiger partial charge in [-0.25, -0.2) is 4.39 Å². The zero-order valence-corrected chi connectivity index (χ0v) is 35.9. The first-order chi connectivity index (χ1) is 32.6. The van der Waals surface area contributed by atoms with Crippen LogP contribution in [-0.4, -0.2) is 0 Å². The van der Waals surface area contributed by atoms with Gasteiger partial charge in [-0.15, -0.1) is 0 Å². The highest BCUT2D eigenvalue weighted by atomic mass is 19.1. The molecule has 0 fully saturated rings. The van der Waals surface area contributed by atoms with Crippen molar-refractivity contribution in [3.05, 3.63) is 255 Å². The van der Waals surface area contributed by atoms with Crippen molar-refractivity contribution in [3.63, 3.8) is 0 Å². The van der Waals surface area contributed by atoms with Crippen LogP contribution in [0.3, 0.4) is 0 Å². The zero-order valence-electron chi connectivity index (χ0n) is 35.9. The molecule has 0 spiro atoms. The number of hydrogen-bond donors (Lipinski definition) is 0. The van der Waals surface area contributed by atoms with Crippen molar-refractivity contribution in [1.29, 1.82) is 0 Å². The lowest BCUT2D eigenvalue weighted by molar-refractivity contribution is 0.487. The number of nitrogens with zero attached hydrogens (tertiary/aromatic N) is 2. The van der Waals surface area contributed by atoms with Gasteiger partial charge in [0, 0.05) is 45.0 Å². The number of anilines is 6. The van der Waals surface area contributed by atoms with Crippen molar-refractivity contribution in [2.75, 3.05) is 9.80 Å². The lowest BCUT2D eigenvalue weighted by Gasteiger charge is -2.29. The summed E-state index contributed by atoms with van der Waals surface area (Å²) in [7, 11) is 0. The number of para-hydroxylation sites is 3. The molecule has 0 unspecified atom stereocenters. The SMILES string of the molecule is Fc1cc(-c2ccccc2)cc(-c2ccccc2)c1N(c1ccccc1)c1ccc(-c2ccc3c(c2)Oc2cccc4c2c-3cc2ccc(N(c3ccccc3)c3ccccc3)cc24)cc1. The van der Waals surface area contributed by atoms with Crippen LogP contribution in [0.1, 0.15) is 0 Å². The fourth-order valence-corrected chi connectivity index (χ4v) is 9.58. The summed E-state index contributed by atoms with van der Waals surface area (Å²) in [6.45, 7) is 0. The topological polar surface area (TPSA) is 15.7 Å². The minimum atomic E-state index is -0.306. The van der Waals surface area contributed by atoms with Crippen molar-refractivity contribution >= 4 is 55.7 Å². The number of rotatable bonds is 9. The van der Waals surface area contributed by atoms with Crippen LogP contribution in [0.25, 0.3) is 66.1 Å². The molecule has 0 aliphatic carbocycles. The Labute approximate surface area is 383 Å². The van der Waals surface area contributed by atoms with E-state index in [1.165, 1.54) is 5.39 Å². The molecule has 0 radical (unpaired) electrons. The summed E-state index contributed by atoms with van der Waals surface area (Å²) in [5.74, 6) is 1.34. The molecule has 312 valence electrons. The normalized spacial score (nSPS) is 11.5. The van der Waals surface area contributed by atoms with E-state index in [9.17, 15) is 0 Å². The molecule has 0 saturated carbocycles. The smallest absolute Gasteiger partial charge is 0.148 e. The summed E-state index contributed by atoms with van der Waals surface area (Å²) in [5, 5.41) is 4.59. The average molecular weight is 849 g/mol. The largest absolute Gasteiger partial charge is 0.456 e. The summed E-state index contributed by atoms with van der Waals surface area (Å²) in [6, 6.07) is 85.2. The fourth-order valence-electron chi connectivity index (χ4n) is 9.58. The van der Waals surface area contributed by atoms with Crippen molar-refractivity contribution < 1.29 is 9.13 Å². The van der Waals surface area contributed by atoms with Gasteiger partial charge in [-0.2, -0.15) is 0 Å². The van der Waals surface area contributed by atoms with Gasteiger partial charge >= 0.3 is 0 Å². The molecule has 0 amide bonds. The third-order valence-electron chi connectivity index (χ3n) is 12.7. The zero-order chi connectivity index (χ0) is 44.0. The maximum absolute atomic E-state index is 17.0. The monoisotopic (exact) mass is 848 g/mol. The van der Waals surface area contributed by atoms with Crippen LogP contribution in [0, 0.1) is 5.82 Å². The van der Waals surface area contributed by atoms with Gasteiger partial charge in [0.05, 0.1) is 5.69 Å². The molecule has 1 aliphatic heterocycles. The summed E-state index contributed by atoms with van der Waals surface area (Å²) in [4.78, 5) is 4.33. The lowest BCUT2D eigenvalue weighted by Crippen LogP contribution is -2.13. The molecule has 1 heterocycles. The highest BCUT2D eigenvalue weighted by molar-refractivity contribution is 6.18. The quantitative estimate of drug-likeness (QED) is 0.135. The summed E-state index contributed by atoms with van der Waals surface area (Å²) < 4.78 is 23.8. The van der Waals surface area contributed by atoms with Gasteiger partial charge in [0.25, 0.3) is 0 Å². The maximum Gasteiger partial charge on any atom is 0.148 e. The first-order valence-corrected chi connectivity index (χ1v) is 22.3. The molecular weight excluding hydrogens is 808 g/mol. The highest BCUT2D eigenvalue weighted by Gasteiger charge is 2.25. The van der Waals surface area contributed by atoms with E-state index < -0.39 is 0 Å². The first kappa shape index (κ1) is 38.9. The minimum Gasteiger partial charge on any atom is -0.456 e. The molecule has 4 heteroatoms. The minimum absolute atomic E-state index is 0.306. The second-order valence-electron chi connectivity index (χ2n) is 16.6. The van der Waals surface area contributed by atoms with Gasteiger partial charge in [-0.1, -0.05) is 152 Å². The third kappa shape index (κ3) is 6.93. The van der Waals surface area contributed by atoms with Crippen LogP contribution in [0.4, 0.5) is 38.5 Å². The molecule has 11 aromatic rings. The van der Waals surface area contributed by atoms with E-state index in [1.807, 2.05) is 95.9 Å². The molecule has 0 atom stereocenters. The molecule has 0 bridgehead atoms. The Morgan fingerprint density at radius 1 is 0.303 bits per heavy atom. The van der Waals surface area contributed by atoms with Crippen molar-refractivity contribution in [1.82, 2.24) is 0 Å². The fraction of sp³-hybridized carbons (Fsp3) is 0. The van der Waals surface area contributed by atoms with Gasteiger partial charge in [0.2, 0.25) is 0 Å². The van der Waals surface area contributed by atoms with Crippen LogP contribution in [0.5, 0.6) is 11.5 Å². The number of fused-ring (bicyclic) bond motifs is 4. The van der Waals surface area contributed by atoms with Gasteiger partial charge in [0.1, 0.15) is 17.3 Å². The Kier molecular flexibility index (Phi) is 9.69. The second-order valence-corrected chi connectivity index (χ2v) is 16.6. The highest BCUT2D eigenvalue weighted by Crippen LogP contribution is 2.51. The molecular formula is C62H41FN2O. The van der Waals surface area contributed by atoms with Crippen molar-refractivity contribution in [2.45, 2.75) is 0 Å². The van der Waals surface area contributed by atoms with E-state index in [4.69, 9.17) is 4.74 Å². The third-order valence-corrected chi connectivity index (χ3v) is 12.7. The van der Waals surface area contributed by atoms with E-state index >= 15 is 4.39 Å². The van der Waals surface area contributed by atoms with Gasteiger partial charge in [-0.3, -0.25) is 0 Å². The van der Waals surface area contributed by atoms with Gasteiger partial charge < -0.3 is 14.5 Å². The maximum atomic E-state index is 17.0. The first-order valence-electron chi connectivity index (χ1n) is 22.3. The average Bonchev–Trinajstić information content (AvgIpc) is 3.38. The Morgan fingerprint density at radius 2 is 0.848 bits per heavy atom. The Morgan fingerprint density at radius 3 is 1.50 bits per heavy atom. The lowest BCUT2D eigenvalue weighted by atomic mass is 9.89. The van der Waals surface area contributed by atoms with E-state index in [-0.39, 0.29) is 5.82 Å². The Balaban J connectivity index is 0.922. The molecule has 3 nitrogen and oxygen atoms in total. The molecule has 0 N–H and O–H groups in total. The van der Waals surface area contributed by atoms with E-state index in [0.29, 0.717) is 5.69 Å². The van der Waals surface area contributed by atoms with E-state index in [2.05, 4.69) is 157 Å². The number of ether oxygens (including phenoxy) is 1. The summed E-state index contributed by atoms with van der Waals surface area (Å²) >= 11 is 0. The van der Waals surface area contributed by atoms with E-state index in [1.54, 1.807) is 6.07 Å². The standard InChI is InChI=1S/C62H41FN2O/c63-58-39-47(42-17-6-1-7-18-42)38-56(44-19-8-2-9-20-44)62(58)65(50-25-14-5-15-26-50)51-33-29-43(30-34-51)45-32-36-53-57-37-46-31-35-52(64(48-21-10-3-11-22-48)49-23-12-4-13-24-49)41-55(46)54-27-16-28-59(61(54)57)66-60(53)40-45/h1-41H. The molecule has 66 heavy (non-hydrogen) atoms. The van der Waals surface area contributed by atoms with Gasteiger partial charge in [0.15, 0.2) is 0 Å².